The summed E-state index contributed by atoms with van der Waals surface area (Å²) < 4.78 is 5.48. The quantitative estimate of drug-likeness (QED) is 0.739. The van der Waals surface area contributed by atoms with Crippen LogP contribution in [0.1, 0.15) is 11.1 Å². The van der Waals surface area contributed by atoms with Crippen molar-refractivity contribution in [3.8, 4) is 5.75 Å². The molecule has 0 radical (unpaired) electrons. The van der Waals surface area contributed by atoms with Gasteiger partial charge >= 0.3 is 0 Å². The van der Waals surface area contributed by atoms with Crippen molar-refractivity contribution in [3.63, 3.8) is 0 Å². The second-order valence-corrected chi connectivity index (χ2v) is 3.17. The van der Waals surface area contributed by atoms with Gasteiger partial charge in [-0.3, -0.25) is 0 Å². The lowest BCUT2D eigenvalue weighted by Crippen LogP contribution is -2.10. The molecule has 14 heavy (non-hydrogen) atoms. The zero-order valence-corrected chi connectivity index (χ0v) is 8.71. The minimum Gasteiger partial charge on any atom is -0.491 e. The molecular formula is C11H17NO2. The van der Waals surface area contributed by atoms with Gasteiger partial charge in [0, 0.05) is 12.1 Å². The third-order valence-corrected chi connectivity index (χ3v) is 2.00. The lowest BCUT2D eigenvalue weighted by Gasteiger charge is -2.12. The van der Waals surface area contributed by atoms with Crippen LogP contribution in [0.2, 0.25) is 0 Å². The molecule has 0 atom stereocenters. The van der Waals surface area contributed by atoms with E-state index in [1.54, 1.807) is 0 Å². The minimum absolute atomic E-state index is 0.0489. The number of para-hydroxylation sites is 1. The van der Waals surface area contributed by atoms with Gasteiger partial charge in [0.2, 0.25) is 0 Å². The monoisotopic (exact) mass is 195 g/mol. The number of aliphatic hydroxyl groups is 1. The van der Waals surface area contributed by atoms with Gasteiger partial charge in [0.15, 0.2) is 0 Å². The number of hydrogen-bond acceptors (Lipinski definition) is 3. The first-order chi connectivity index (χ1) is 6.79. The van der Waals surface area contributed by atoms with Crippen LogP contribution >= 0.6 is 0 Å². The van der Waals surface area contributed by atoms with Crippen LogP contribution in [0.25, 0.3) is 0 Å². The fraction of sp³-hybridized carbons (Fsp3) is 0.455. The van der Waals surface area contributed by atoms with Gasteiger partial charge in [-0.25, -0.2) is 0 Å². The third kappa shape index (κ3) is 2.72. The number of hydrogen-bond donors (Lipinski definition) is 2. The molecule has 0 aliphatic heterocycles. The van der Waals surface area contributed by atoms with Crippen molar-refractivity contribution in [2.75, 3.05) is 20.3 Å². The fourth-order valence-electron chi connectivity index (χ4n) is 1.40. The molecule has 0 aliphatic carbocycles. The lowest BCUT2D eigenvalue weighted by atomic mass is 10.1. The number of aliphatic hydroxyl groups excluding tert-OH is 1. The van der Waals surface area contributed by atoms with Crippen molar-refractivity contribution in [2.24, 2.45) is 0 Å². The molecule has 1 aromatic carbocycles. The molecule has 0 saturated heterocycles. The highest BCUT2D eigenvalue weighted by atomic mass is 16.5. The Hall–Kier alpha value is -1.06. The summed E-state index contributed by atoms with van der Waals surface area (Å²) in [5.41, 5.74) is 2.23. The maximum atomic E-state index is 8.70. The highest BCUT2D eigenvalue weighted by Crippen LogP contribution is 2.22. The van der Waals surface area contributed by atoms with Gasteiger partial charge in [0.05, 0.1) is 6.61 Å². The van der Waals surface area contributed by atoms with Gasteiger partial charge in [-0.1, -0.05) is 18.2 Å². The third-order valence-electron chi connectivity index (χ3n) is 2.00. The number of ether oxygens (including phenoxy) is 1. The molecular weight excluding hydrogens is 178 g/mol. The van der Waals surface area contributed by atoms with Crippen LogP contribution in [0.5, 0.6) is 5.75 Å². The molecule has 1 aromatic rings. The molecule has 0 saturated carbocycles. The van der Waals surface area contributed by atoms with Crippen LogP contribution in [0, 0.1) is 6.92 Å². The van der Waals surface area contributed by atoms with Crippen LogP contribution < -0.4 is 10.1 Å². The summed E-state index contributed by atoms with van der Waals surface area (Å²) in [6.45, 7) is 3.18. The molecule has 3 heteroatoms. The second kappa shape index (κ2) is 5.62. The summed E-state index contributed by atoms with van der Waals surface area (Å²) in [4.78, 5) is 0. The molecule has 0 fully saturated rings. The predicted molar refractivity (Wildman–Crippen MR) is 56.5 cm³/mol. The van der Waals surface area contributed by atoms with Crippen molar-refractivity contribution < 1.29 is 9.84 Å². The van der Waals surface area contributed by atoms with Crippen LogP contribution in [0.3, 0.4) is 0 Å². The maximum absolute atomic E-state index is 8.70. The Morgan fingerprint density at radius 3 is 2.86 bits per heavy atom. The first-order valence-electron chi connectivity index (χ1n) is 4.76. The van der Waals surface area contributed by atoms with Gasteiger partial charge in [-0.2, -0.15) is 0 Å². The molecule has 78 valence electrons. The van der Waals surface area contributed by atoms with E-state index >= 15 is 0 Å². The molecule has 0 aliphatic rings. The topological polar surface area (TPSA) is 41.5 Å². The first kappa shape index (κ1) is 11.0. The first-order valence-corrected chi connectivity index (χ1v) is 4.76. The van der Waals surface area contributed by atoms with Crippen LogP contribution in [0.15, 0.2) is 18.2 Å². The molecule has 2 N–H and O–H groups in total. The van der Waals surface area contributed by atoms with Crippen molar-refractivity contribution in [2.45, 2.75) is 13.5 Å². The Morgan fingerprint density at radius 2 is 2.21 bits per heavy atom. The molecule has 0 bridgehead atoms. The molecule has 0 heterocycles. The van der Waals surface area contributed by atoms with Crippen LogP contribution in [-0.4, -0.2) is 25.4 Å². The Bertz CT molecular complexity index is 287. The zero-order valence-electron chi connectivity index (χ0n) is 8.71. The van der Waals surface area contributed by atoms with E-state index in [-0.39, 0.29) is 6.61 Å². The zero-order chi connectivity index (χ0) is 10.4. The van der Waals surface area contributed by atoms with Gasteiger partial charge < -0.3 is 15.2 Å². The molecule has 0 amide bonds. The highest BCUT2D eigenvalue weighted by molar-refractivity contribution is 5.40. The van der Waals surface area contributed by atoms with Gasteiger partial charge in [-0.05, 0) is 19.5 Å². The number of aryl methyl sites for hydroxylation is 1. The van der Waals surface area contributed by atoms with E-state index in [4.69, 9.17) is 9.84 Å². The standard InChI is InChI=1S/C11H17NO2/c1-9-4-3-5-10(8-12-2)11(9)14-7-6-13/h3-5,12-13H,6-8H2,1-2H3. The van der Waals surface area contributed by atoms with E-state index in [0.29, 0.717) is 6.61 Å². The smallest absolute Gasteiger partial charge is 0.126 e. The van der Waals surface area contributed by atoms with E-state index in [0.717, 1.165) is 23.4 Å². The number of nitrogens with one attached hydrogen (secondary N) is 1. The Labute approximate surface area is 84.7 Å². The normalized spacial score (nSPS) is 10.2. The van der Waals surface area contributed by atoms with Crippen molar-refractivity contribution >= 4 is 0 Å². The molecule has 0 unspecified atom stereocenters. The van der Waals surface area contributed by atoms with E-state index < -0.39 is 0 Å². The molecule has 3 nitrogen and oxygen atoms in total. The Balaban J connectivity index is 2.84. The van der Waals surface area contributed by atoms with E-state index in [2.05, 4.69) is 5.32 Å². The van der Waals surface area contributed by atoms with Crippen LogP contribution in [0.4, 0.5) is 0 Å². The van der Waals surface area contributed by atoms with Gasteiger partial charge in [0.1, 0.15) is 12.4 Å². The largest absolute Gasteiger partial charge is 0.491 e. The lowest BCUT2D eigenvalue weighted by molar-refractivity contribution is 0.199. The van der Waals surface area contributed by atoms with Gasteiger partial charge in [-0.15, -0.1) is 0 Å². The highest BCUT2D eigenvalue weighted by Gasteiger charge is 2.05. The number of rotatable bonds is 5. The molecule has 0 aromatic heterocycles. The van der Waals surface area contributed by atoms with E-state index in [9.17, 15) is 0 Å². The number of benzene rings is 1. The average molecular weight is 195 g/mol. The SMILES string of the molecule is CNCc1cccc(C)c1OCCO. The maximum Gasteiger partial charge on any atom is 0.126 e. The Kier molecular flexibility index (Phi) is 4.43. The Morgan fingerprint density at radius 1 is 1.43 bits per heavy atom. The fourth-order valence-corrected chi connectivity index (χ4v) is 1.40. The summed E-state index contributed by atoms with van der Waals surface area (Å²) in [5.74, 6) is 0.885. The van der Waals surface area contributed by atoms with Crippen molar-refractivity contribution in [1.29, 1.82) is 0 Å². The van der Waals surface area contributed by atoms with Crippen molar-refractivity contribution in [3.05, 3.63) is 29.3 Å². The predicted octanol–water partition coefficient (Wildman–Crippen LogP) is 1.09. The summed E-state index contributed by atoms with van der Waals surface area (Å²) >= 11 is 0. The van der Waals surface area contributed by atoms with Crippen LogP contribution in [-0.2, 0) is 6.54 Å². The summed E-state index contributed by atoms with van der Waals surface area (Å²) in [7, 11) is 1.90. The second-order valence-electron chi connectivity index (χ2n) is 3.17. The molecule has 1 rings (SSSR count). The molecule has 0 spiro atoms. The summed E-state index contributed by atoms with van der Waals surface area (Å²) in [6.07, 6.45) is 0. The van der Waals surface area contributed by atoms with Gasteiger partial charge in [0.25, 0.3) is 0 Å². The van der Waals surface area contributed by atoms with Crippen molar-refractivity contribution in [1.82, 2.24) is 5.32 Å². The minimum atomic E-state index is 0.0489. The van der Waals surface area contributed by atoms with E-state index in [1.807, 2.05) is 32.2 Å². The summed E-state index contributed by atoms with van der Waals surface area (Å²) in [6, 6.07) is 6.04. The summed E-state index contributed by atoms with van der Waals surface area (Å²) in [5, 5.41) is 11.8. The van der Waals surface area contributed by atoms with E-state index in [1.165, 1.54) is 0 Å². The average Bonchev–Trinajstić information content (AvgIpc) is 2.18.